The number of rotatable bonds is 8. The van der Waals surface area contributed by atoms with E-state index in [0.29, 0.717) is 6.61 Å². The summed E-state index contributed by atoms with van der Waals surface area (Å²) in [6, 6.07) is 10.4. The lowest BCUT2D eigenvalue weighted by atomic mass is 10.1. The van der Waals surface area contributed by atoms with Gasteiger partial charge in [-0.3, -0.25) is 0 Å². The molecule has 0 amide bonds. The number of nitrogens with one attached hydrogen (secondary N) is 2. The maximum Gasteiger partial charge on any atom is 0.129 e. The lowest BCUT2D eigenvalue weighted by Crippen LogP contribution is -2.17. The first-order valence-electron chi connectivity index (χ1n) is 7.59. The van der Waals surface area contributed by atoms with E-state index in [1.165, 1.54) is 16.8 Å². The average Bonchev–Trinajstić information content (AvgIpc) is 3.17. The van der Waals surface area contributed by atoms with Crippen molar-refractivity contribution in [1.29, 1.82) is 0 Å². The first-order valence-corrected chi connectivity index (χ1v) is 7.59. The maximum absolute atomic E-state index is 5.56. The second-order valence-corrected chi connectivity index (χ2v) is 5.29. The Labute approximate surface area is 125 Å². The number of furan rings is 1. The van der Waals surface area contributed by atoms with Gasteiger partial charge in [-0.2, -0.15) is 0 Å². The summed E-state index contributed by atoms with van der Waals surface area (Å²) in [5.74, 6) is 0.883. The van der Waals surface area contributed by atoms with Crippen LogP contribution in [0.15, 0.2) is 41.0 Å². The second-order valence-electron chi connectivity index (χ2n) is 5.29. The first-order chi connectivity index (χ1) is 10.4. The highest BCUT2D eigenvalue weighted by molar-refractivity contribution is 5.61. The van der Waals surface area contributed by atoms with Gasteiger partial charge in [-0.15, -0.1) is 0 Å². The van der Waals surface area contributed by atoms with Crippen LogP contribution in [0.5, 0.6) is 0 Å². The zero-order valence-electron chi connectivity index (χ0n) is 12.2. The summed E-state index contributed by atoms with van der Waals surface area (Å²) < 4.78 is 10.8. The van der Waals surface area contributed by atoms with E-state index in [1.807, 2.05) is 12.1 Å². The molecule has 0 atom stereocenters. The van der Waals surface area contributed by atoms with E-state index < -0.39 is 0 Å². The molecule has 0 spiro atoms. The summed E-state index contributed by atoms with van der Waals surface area (Å²) in [6.45, 7) is 4.24. The SMILES string of the molecule is c1coc(COCCCNCc2cccc3c2NCC3)c1. The molecule has 1 aromatic heterocycles. The van der Waals surface area contributed by atoms with Crippen LogP contribution < -0.4 is 10.6 Å². The van der Waals surface area contributed by atoms with Crippen LogP contribution in [0.2, 0.25) is 0 Å². The van der Waals surface area contributed by atoms with Gasteiger partial charge in [0.1, 0.15) is 12.4 Å². The van der Waals surface area contributed by atoms with Crippen molar-refractivity contribution < 1.29 is 9.15 Å². The van der Waals surface area contributed by atoms with Gasteiger partial charge in [0, 0.05) is 25.4 Å². The van der Waals surface area contributed by atoms with Gasteiger partial charge in [-0.25, -0.2) is 0 Å². The summed E-state index contributed by atoms with van der Waals surface area (Å²) in [6.07, 6.45) is 3.82. The normalized spacial score (nSPS) is 13.1. The number of hydrogen-bond donors (Lipinski definition) is 2. The van der Waals surface area contributed by atoms with Crippen LogP contribution in [0.3, 0.4) is 0 Å². The molecule has 112 valence electrons. The first kappa shape index (κ1) is 14.2. The molecule has 2 heterocycles. The predicted octanol–water partition coefficient (Wildman–Crippen LogP) is 2.94. The zero-order valence-corrected chi connectivity index (χ0v) is 12.2. The topological polar surface area (TPSA) is 46.4 Å². The quantitative estimate of drug-likeness (QED) is 0.732. The number of para-hydroxylation sites is 1. The molecule has 0 radical (unpaired) electrons. The van der Waals surface area contributed by atoms with E-state index in [9.17, 15) is 0 Å². The smallest absolute Gasteiger partial charge is 0.129 e. The third-order valence-electron chi connectivity index (χ3n) is 3.72. The minimum atomic E-state index is 0.559. The second kappa shape index (κ2) is 7.29. The fraction of sp³-hybridized carbons (Fsp3) is 0.412. The van der Waals surface area contributed by atoms with Gasteiger partial charge in [-0.1, -0.05) is 18.2 Å². The number of hydrogen-bond acceptors (Lipinski definition) is 4. The molecule has 2 aromatic rings. The molecule has 1 aliphatic rings. The van der Waals surface area contributed by atoms with Crippen molar-refractivity contribution in [1.82, 2.24) is 5.32 Å². The Balaban J connectivity index is 1.31. The lowest BCUT2D eigenvalue weighted by molar-refractivity contribution is 0.104. The highest BCUT2D eigenvalue weighted by Gasteiger charge is 2.12. The van der Waals surface area contributed by atoms with Gasteiger partial charge in [0.15, 0.2) is 0 Å². The zero-order chi connectivity index (χ0) is 14.3. The number of benzene rings is 1. The van der Waals surface area contributed by atoms with Gasteiger partial charge in [0.25, 0.3) is 0 Å². The molecule has 0 saturated heterocycles. The number of anilines is 1. The van der Waals surface area contributed by atoms with Crippen molar-refractivity contribution in [2.75, 3.05) is 25.0 Å². The van der Waals surface area contributed by atoms with Gasteiger partial charge < -0.3 is 19.8 Å². The largest absolute Gasteiger partial charge is 0.467 e. The summed E-state index contributed by atoms with van der Waals surface area (Å²) in [7, 11) is 0. The van der Waals surface area contributed by atoms with Crippen molar-refractivity contribution in [2.45, 2.75) is 26.0 Å². The van der Waals surface area contributed by atoms with Crippen LogP contribution >= 0.6 is 0 Å². The molecule has 21 heavy (non-hydrogen) atoms. The lowest BCUT2D eigenvalue weighted by Gasteiger charge is -2.10. The Morgan fingerprint density at radius 3 is 3.14 bits per heavy atom. The molecular weight excluding hydrogens is 264 g/mol. The molecule has 0 bridgehead atoms. The standard InChI is InChI=1S/C17H22N2O2/c1-4-14-7-9-19-17(14)15(5-1)12-18-8-3-10-20-13-16-6-2-11-21-16/h1-2,4-6,11,18-19H,3,7-10,12-13H2. The van der Waals surface area contributed by atoms with Crippen molar-refractivity contribution in [3.05, 3.63) is 53.5 Å². The van der Waals surface area contributed by atoms with E-state index in [4.69, 9.17) is 9.15 Å². The molecule has 4 heteroatoms. The highest BCUT2D eigenvalue weighted by atomic mass is 16.5. The van der Waals surface area contributed by atoms with E-state index in [0.717, 1.165) is 44.8 Å². The Kier molecular flexibility index (Phi) is 4.92. The molecule has 0 aliphatic carbocycles. The molecule has 0 saturated carbocycles. The van der Waals surface area contributed by atoms with Crippen LogP contribution in [0.4, 0.5) is 5.69 Å². The van der Waals surface area contributed by atoms with Crippen LogP contribution in [-0.2, 0) is 24.3 Å². The molecule has 0 unspecified atom stereocenters. The van der Waals surface area contributed by atoms with Gasteiger partial charge in [0.2, 0.25) is 0 Å². The van der Waals surface area contributed by atoms with Gasteiger partial charge in [-0.05, 0) is 42.6 Å². The van der Waals surface area contributed by atoms with Crippen LogP contribution in [0.1, 0.15) is 23.3 Å². The summed E-state index contributed by atoms with van der Waals surface area (Å²) in [5, 5.41) is 6.95. The highest BCUT2D eigenvalue weighted by Crippen LogP contribution is 2.26. The Hall–Kier alpha value is -1.78. The molecule has 2 N–H and O–H groups in total. The molecule has 1 aromatic carbocycles. The summed E-state index contributed by atoms with van der Waals surface area (Å²) in [5.41, 5.74) is 4.14. The molecule has 4 nitrogen and oxygen atoms in total. The molecule has 1 aliphatic heterocycles. The number of fused-ring (bicyclic) bond motifs is 1. The van der Waals surface area contributed by atoms with Crippen molar-refractivity contribution in [3.8, 4) is 0 Å². The number of ether oxygens (including phenoxy) is 1. The van der Waals surface area contributed by atoms with E-state index in [-0.39, 0.29) is 0 Å². The van der Waals surface area contributed by atoms with Gasteiger partial charge in [0.05, 0.1) is 6.26 Å². The monoisotopic (exact) mass is 286 g/mol. The van der Waals surface area contributed by atoms with Crippen molar-refractivity contribution in [2.24, 2.45) is 0 Å². The van der Waals surface area contributed by atoms with E-state index in [1.54, 1.807) is 6.26 Å². The van der Waals surface area contributed by atoms with Crippen molar-refractivity contribution in [3.63, 3.8) is 0 Å². The Bertz CT molecular complexity index is 552. The van der Waals surface area contributed by atoms with E-state index in [2.05, 4.69) is 28.8 Å². The minimum Gasteiger partial charge on any atom is -0.467 e. The predicted molar refractivity (Wildman–Crippen MR) is 83.3 cm³/mol. The molecule has 0 fully saturated rings. The maximum atomic E-state index is 5.56. The van der Waals surface area contributed by atoms with Gasteiger partial charge >= 0.3 is 0 Å². The third kappa shape index (κ3) is 3.86. The van der Waals surface area contributed by atoms with Crippen LogP contribution in [0.25, 0.3) is 0 Å². The Morgan fingerprint density at radius 2 is 2.24 bits per heavy atom. The van der Waals surface area contributed by atoms with Crippen LogP contribution in [-0.4, -0.2) is 19.7 Å². The summed E-state index contributed by atoms with van der Waals surface area (Å²) >= 11 is 0. The minimum absolute atomic E-state index is 0.559. The third-order valence-corrected chi connectivity index (χ3v) is 3.72. The molecule has 3 rings (SSSR count). The van der Waals surface area contributed by atoms with E-state index >= 15 is 0 Å². The molecular formula is C17H22N2O2. The van der Waals surface area contributed by atoms with Crippen LogP contribution in [0, 0.1) is 0 Å². The Morgan fingerprint density at radius 1 is 1.24 bits per heavy atom. The fourth-order valence-electron chi connectivity index (χ4n) is 2.65. The fourth-order valence-corrected chi connectivity index (χ4v) is 2.65. The van der Waals surface area contributed by atoms with Crippen molar-refractivity contribution >= 4 is 5.69 Å². The average molecular weight is 286 g/mol. The summed E-state index contributed by atoms with van der Waals surface area (Å²) in [4.78, 5) is 0.